The summed E-state index contributed by atoms with van der Waals surface area (Å²) in [5.41, 5.74) is 4.63. The highest BCUT2D eigenvalue weighted by Crippen LogP contribution is 2.28. The van der Waals surface area contributed by atoms with E-state index in [4.69, 9.17) is 4.98 Å². The minimum absolute atomic E-state index is 0.109. The lowest BCUT2D eigenvalue weighted by atomic mass is 10.0. The smallest absolute Gasteiger partial charge is 0.252 e. The van der Waals surface area contributed by atoms with Crippen molar-refractivity contribution in [2.75, 3.05) is 0 Å². The van der Waals surface area contributed by atoms with Crippen molar-refractivity contribution >= 4 is 16.9 Å². The van der Waals surface area contributed by atoms with Crippen LogP contribution in [0.5, 0.6) is 0 Å². The highest BCUT2D eigenvalue weighted by molar-refractivity contribution is 6.06. The molecule has 0 bridgehead atoms. The van der Waals surface area contributed by atoms with Crippen molar-refractivity contribution in [3.63, 3.8) is 0 Å². The molecule has 1 unspecified atom stereocenters. The topological polar surface area (TPSA) is 72.7 Å². The number of nitrogens with one attached hydrogen (secondary N) is 1. The summed E-state index contributed by atoms with van der Waals surface area (Å²) in [5, 5.41) is 8.46. The lowest BCUT2D eigenvalue weighted by Gasteiger charge is -2.19. The van der Waals surface area contributed by atoms with Gasteiger partial charge < -0.3 is 5.32 Å². The molecule has 5 aromatic rings. The Morgan fingerprint density at radius 3 is 2.29 bits per heavy atom. The second kappa shape index (κ2) is 9.27. The van der Waals surface area contributed by atoms with Crippen molar-refractivity contribution in [2.45, 2.75) is 25.9 Å². The van der Waals surface area contributed by atoms with Gasteiger partial charge >= 0.3 is 0 Å². The fraction of sp³-hybridized carbons (Fsp3) is 0.143. The van der Waals surface area contributed by atoms with Gasteiger partial charge in [0.2, 0.25) is 0 Å². The zero-order valence-corrected chi connectivity index (χ0v) is 19.1. The van der Waals surface area contributed by atoms with Gasteiger partial charge in [0.1, 0.15) is 0 Å². The third kappa shape index (κ3) is 4.18. The lowest BCUT2D eigenvalue weighted by Crippen LogP contribution is -2.30. The Morgan fingerprint density at radius 1 is 0.912 bits per heavy atom. The van der Waals surface area contributed by atoms with Crippen molar-refractivity contribution in [3.8, 4) is 11.3 Å². The summed E-state index contributed by atoms with van der Waals surface area (Å²) in [4.78, 5) is 23.2. The molecule has 0 fully saturated rings. The summed E-state index contributed by atoms with van der Waals surface area (Å²) < 4.78 is 1.85. The van der Waals surface area contributed by atoms with Crippen LogP contribution in [-0.2, 0) is 0 Å². The summed E-state index contributed by atoms with van der Waals surface area (Å²) in [6.45, 7) is 4.10. The van der Waals surface area contributed by atoms with E-state index in [1.54, 1.807) is 12.4 Å². The first kappa shape index (κ1) is 21.5. The largest absolute Gasteiger partial charge is 0.340 e. The molecule has 3 aromatic heterocycles. The minimum Gasteiger partial charge on any atom is -0.340 e. The van der Waals surface area contributed by atoms with Gasteiger partial charge in [-0.05, 0) is 37.6 Å². The summed E-state index contributed by atoms with van der Waals surface area (Å²) in [5.74, 6) is -0.201. The molecule has 1 N–H and O–H groups in total. The SMILES string of the molecule is CC(C)n1ncc2c(C(=O)NC(c3ccccc3)c3ccccn3)cc(-c3ccccc3)nc21. The predicted molar refractivity (Wildman–Crippen MR) is 133 cm³/mol. The van der Waals surface area contributed by atoms with Gasteiger partial charge in [-0.25, -0.2) is 9.67 Å². The number of hydrogen-bond acceptors (Lipinski definition) is 4. The molecule has 1 amide bonds. The van der Waals surface area contributed by atoms with Crippen LogP contribution in [0.4, 0.5) is 0 Å². The van der Waals surface area contributed by atoms with Crippen LogP contribution in [0.15, 0.2) is 97.3 Å². The Labute approximate surface area is 198 Å². The van der Waals surface area contributed by atoms with Gasteiger partial charge in [0.05, 0.1) is 34.6 Å². The molecule has 6 heteroatoms. The van der Waals surface area contributed by atoms with E-state index in [0.29, 0.717) is 11.2 Å². The third-order valence-electron chi connectivity index (χ3n) is 5.76. The quantitative estimate of drug-likeness (QED) is 0.368. The summed E-state index contributed by atoms with van der Waals surface area (Å²) >= 11 is 0. The monoisotopic (exact) mass is 447 g/mol. The highest BCUT2D eigenvalue weighted by atomic mass is 16.1. The molecular formula is C28H25N5O. The molecule has 168 valence electrons. The average Bonchev–Trinajstić information content (AvgIpc) is 3.32. The van der Waals surface area contributed by atoms with Crippen molar-refractivity contribution in [1.29, 1.82) is 0 Å². The Hall–Kier alpha value is -4.32. The molecule has 0 aliphatic heterocycles. The molecule has 34 heavy (non-hydrogen) atoms. The Bertz CT molecular complexity index is 1370. The molecule has 5 rings (SSSR count). The lowest BCUT2D eigenvalue weighted by molar-refractivity contribution is 0.0944. The Morgan fingerprint density at radius 2 is 1.62 bits per heavy atom. The maximum Gasteiger partial charge on any atom is 0.252 e. The zero-order valence-electron chi connectivity index (χ0n) is 19.1. The number of carbonyl (C=O) groups excluding carboxylic acids is 1. The van der Waals surface area contributed by atoms with E-state index in [9.17, 15) is 4.79 Å². The van der Waals surface area contributed by atoms with Crippen LogP contribution >= 0.6 is 0 Å². The van der Waals surface area contributed by atoms with Crippen LogP contribution in [0.1, 0.15) is 47.5 Å². The molecule has 0 radical (unpaired) electrons. The molecule has 3 heterocycles. The van der Waals surface area contributed by atoms with Gasteiger partial charge in [0.25, 0.3) is 5.91 Å². The first-order valence-corrected chi connectivity index (χ1v) is 11.3. The number of aromatic nitrogens is 4. The second-order valence-corrected chi connectivity index (χ2v) is 8.41. The minimum atomic E-state index is -0.390. The number of pyridine rings is 2. The van der Waals surface area contributed by atoms with Gasteiger partial charge in [-0.15, -0.1) is 0 Å². The third-order valence-corrected chi connectivity index (χ3v) is 5.76. The van der Waals surface area contributed by atoms with Crippen molar-refractivity contribution in [1.82, 2.24) is 25.1 Å². The number of rotatable bonds is 6. The van der Waals surface area contributed by atoms with Crippen molar-refractivity contribution in [2.24, 2.45) is 0 Å². The number of benzene rings is 2. The van der Waals surface area contributed by atoms with Gasteiger partial charge in [0.15, 0.2) is 5.65 Å². The predicted octanol–water partition coefficient (Wildman–Crippen LogP) is 5.59. The maximum absolute atomic E-state index is 13.8. The van der Waals surface area contributed by atoms with E-state index in [1.807, 2.05) is 89.6 Å². The molecule has 0 saturated heterocycles. The van der Waals surface area contributed by atoms with Gasteiger partial charge in [0, 0.05) is 17.8 Å². The van der Waals surface area contributed by atoms with E-state index in [1.165, 1.54) is 0 Å². The van der Waals surface area contributed by atoms with Gasteiger partial charge in [-0.1, -0.05) is 66.7 Å². The van der Waals surface area contributed by atoms with E-state index < -0.39 is 6.04 Å². The summed E-state index contributed by atoms with van der Waals surface area (Å²) in [6, 6.07) is 27.0. The van der Waals surface area contributed by atoms with E-state index >= 15 is 0 Å². The van der Waals surface area contributed by atoms with E-state index in [2.05, 4.69) is 29.2 Å². The van der Waals surface area contributed by atoms with Crippen LogP contribution in [0.2, 0.25) is 0 Å². The Kier molecular flexibility index (Phi) is 5.87. The first-order chi connectivity index (χ1) is 16.6. The second-order valence-electron chi connectivity index (χ2n) is 8.41. The maximum atomic E-state index is 13.8. The standard InChI is InChI=1S/C28H25N5O/c1-19(2)33-27-23(18-30-33)22(17-25(31-27)20-11-5-3-6-12-20)28(34)32-26(21-13-7-4-8-14-21)24-15-9-10-16-29-24/h3-19,26H,1-2H3,(H,32,34). The first-order valence-electron chi connectivity index (χ1n) is 11.3. The van der Waals surface area contributed by atoms with Crippen molar-refractivity contribution in [3.05, 3.63) is 114 Å². The highest BCUT2D eigenvalue weighted by Gasteiger charge is 2.23. The Balaban J connectivity index is 1.62. The van der Waals surface area contributed by atoms with Crippen LogP contribution in [-0.4, -0.2) is 25.7 Å². The summed E-state index contributed by atoms with van der Waals surface area (Å²) in [7, 11) is 0. The fourth-order valence-electron chi connectivity index (χ4n) is 4.07. The fourth-order valence-corrected chi connectivity index (χ4v) is 4.07. The average molecular weight is 448 g/mol. The number of amides is 1. The number of carbonyl (C=O) groups is 1. The van der Waals surface area contributed by atoms with Crippen LogP contribution in [0, 0.1) is 0 Å². The van der Waals surface area contributed by atoms with E-state index in [0.717, 1.165) is 27.9 Å². The number of nitrogens with zero attached hydrogens (tertiary/aromatic N) is 4. The van der Waals surface area contributed by atoms with Crippen LogP contribution in [0.25, 0.3) is 22.3 Å². The molecule has 0 aliphatic rings. The van der Waals surface area contributed by atoms with Crippen LogP contribution < -0.4 is 5.32 Å². The molecule has 1 atom stereocenters. The molecular weight excluding hydrogens is 422 g/mol. The molecule has 6 nitrogen and oxygen atoms in total. The normalized spacial score (nSPS) is 12.1. The summed E-state index contributed by atoms with van der Waals surface area (Å²) in [6.07, 6.45) is 3.46. The number of fused-ring (bicyclic) bond motifs is 1. The van der Waals surface area contributed by atoms with Crippen LogP contribution in [0.3, 0.4) is 0 Å². The van der Waals surface area contributed by atoms with E-state index in [-0.39, 0.29) is 11.9 Å². The van der Waals surface area contributed by atoms with Crippen molar-refractivity contribution < 1.29 is 4.79 Å². The number of hydrogen-bond donors (Lipinski definition) is 1. The molecule has 0 aliphatic carbocycles. The molecule has 0 spiro atoms. The zero-order chi connectivity index (χ0) is 23.5. The molecule has 2 aromatic carbocycles. The van der Waals surface area contributed by atoms with Gasteiger partial charge in [-0.3, -0.25) is 9.78 Å². The molecule has 0 saturated carbocycles. The van der Waals surface area contributed by atoms with Gasteiger partial charge in [-0.2, -0.15) is 5.10 Å².